The highest BCUT2D eigenvalue weighted by molar-refractivity contribution is 7.10. The Balaban J connectivity index is 2.64. The maximum Gasteiger partial charge on any atom is 0.389 e. The molecule has 0 aromatic carbocycles. The highest BCUT2D eigenvalue weighted by atomic mass is 32.1. The van der Waals surface area contributed by atoms with Gasteiger partial charge in [-0.05, 0) is 43.3 Å². The van der Waals surface area contributed by atoms with Crippen molar-refractivity contribution in [3.63, 3.8) is 0 Å². The van der Waals surface area contributed by atoms with E-state index in [0.29, 0.717) is 0 Å². The van der Waals surface area contributed by atoms with Gasteiger partial charge in [0.1, 0.15) is 0 Å². The second-order valence-electron chi connectivity index (χ2n) is 4.09. The highest BCUT2D eigenvalue weighted by Gasteiger charge is 2.29. The molecule has 1 aromatic rings. The molecule has 0 aliphatic rings. The van der Waals surface area contributed by atoms with Crippen molar-refractivity contribution < 1.29 is 13.2 Å². The zero-order valence-corrected chi connectivity index (χ0v) is 10.9. The molecule has 1 unspecified atom stereocenters. The summed E-state index contributed by atoms with van der Waals surface area (Å²) in [4.78, 5) is 1.10. The zero-order valence-electron chi connectivity index (χ0n) is 10.1. The second-order valence-corrected chi connectivity index (χ2v) is 5.21. The third-order valence-corrected chi connectivity index (χ3v) is 3.49. The van der Waals surface area contributed by atoms with E-state index in [4.69, 9.17) is 0 Å². The molecule has 0 fully saturated rings. The first-order valence-corrected chi connectivity index (χ1v) is 6.66. The fourth-order valence-corrected chi connectivity index (χ4v) is 2.52. The van der Waals surface area contributed by atoms with E-state index in [1.165, 1.54) is 0 Å². The zero-order chi connectivity index (χ0) is 12.9. The number of nitrogens with one attached hydrogen (secondary N) is 1. The van der Waals surface area contributed by atoms with Crippen molar-refractivity contribution in [2.45, 2.75) is 45.3 Å². The summed E-state index contributed by atoms with van der Waals surface area (Å²) < 4.78 is 36.8. The number of rotatable bonds is 6. The van der Waals surface area contributed by atoms with Gasteiger partial charge in [-0.25, -0.2) is 0 Å². The molecule has 0 aliphatic heterocycles. The molecular formula is C12H18F3NS. The summed E-state index contributed by atoms with van der Waals surface area (Å²) in [5, 5.41) is 5.12. The molecule has 17 heavy (non-hydrogen) atoms. The quantitative estimate of drug-likeness (QED) is 0.801. The Morgan fingerprint density at radius 1 is 1.41 bits per heavy atom. The van der Waals surface area contributed by atoms with E-state index in [9.17, 15) is 13.2 Å². The van der Waals surface area contributed by atoms with Crippen molar-refractivity contribution in [3.05, 3.63) is 21.9 Å². The Bertz CT molecular complexity index is 333. The minimum atomic E-state index is -4.07. The average Bonchev–Trinajstić information content (AvgIpc) is 2.63. The summed E-state index contributed by atoms with van der Waals surface area (Å²) in [5.74, 6) is 0. The van der Waals surface area contributed by atoms with Crippen LogP contribution in [0, 0.1) is 6.92 Å². The first-order chi connectivity index (χ1) is 7.94. The highest BCUT2D eigenvalue weighted by Crippen LogP contribution is 2.30. The number of halogens is 3. The van der Waals surface area contributed by atoms with Crippen molar-refractivity contribution >= 4 is 11.3 Å². The van der Waals surface area contributed by atoms with Crippen LogP contribution in [0.15, 0.2) is 11.4 Å². The summed E-state index contributed by atoms with van der Waals surface area (Å²) in [7, 11) is 0. The molecule has 1 atom stereocenters. The molecule has 1 rings (SSSR count). The summed E-state index contributed by atoms with van der Waals surface area (Å²) in [6.45, 7) is 4.71. The SMILES string of the molecule is CCCNC(CCC(F)(F)F)c1ccsc1C. The van der Waals surface area contributed by atoms with Crippen molar-refractivity contribution in [1.82, 2.24) is 5.32 Å². The van der Waals surface area contributed by atoms with E-state index in [-0.39, 0.29) is 12.5 Å². The maximum atomic E-state index is 12.3. The Morgan fingerprint density at radius 3 is 2.59 bits per heavy atom. The normalized spacial score (nSPS) is 13.9. The van der Waals surface area contributed by atoms with E-state index in [1.54, 1.807) is 11.3 Å². The molecule has 1 N–H and O–H groups in total. The van der Waals surface area contributed by atoms with Gasteiger partial charge in [-0.15, -0.1) is 11.3 Å². The Kier molecular flexibility index (Phi) is 5.46. The molecule has 0 saturated carbocycles. The smallest absolute Gasteiger partial charge is 0.310 e. The molecule has 0 spiro atoms. The average molecular weight is 265 g/mol. The van der Waals surface area contributed by atoms with Crippen LogP contribution < -0.4 is 5.32 Å². The molecule has 1 nitrogen and oxygen atoms in total. The maximum absolute atomic E-state index is 12.3. The molecular weight excluding hydrogens is 247 g/mol. The second kappa shape index (κ2) is 6.40. The van der Waals surface area contributed by atoms with E-state index in [0.717, 1.165) is 23.4 Å². The summed E-state index contributed by atoms with van der Waals surface area (Å²) >= 11 is 1.58. The molecule has 0 bridgehead atoms. The van der Waals surface area contributed by atoms with Crippen molar-refractivity contribution in [1.29, 1.82) is 0 Å². The number of alkyl halides is 3. The van der Waals surface area contributed by atoms with Crippen LogP contribution in [0.1, 0.15) is 42.7 Å². The lowest BCUT2D eigenvalue weighted by molar-refractivity contribution is -0.136. The van der Waals surface area contributed by atoms with E-state index in [2.05, 4.69) is 5.32 Å². The van der Waals surface area contributed by atoms with Gasteiger partial charge in [0.2, 0.25) is 0 Å². The number of hydrogen-bond acceptors (Lipinski definition) is 2. The van der Waals surface area contributed by atoms with Crippen LogP contribution in [0.2, 0.25) is 0 Å². The number of thiophene rings is 1. The molecule has 0 amide bonds. The van der Waals surface area contributed by atoms with Gasteiger partial charge >= 0.3 is 6.18 Å². The van der Waals surface area contributed by atoms with Crippen LogP contribution in [0.4, 0.5) is 13.2 Å². The number of aryl methyl sites for hydroxylation is 1. The van der Waals surface area contributed by atoms with Gasteiger partial charge in [0.05, 0.1) is 0 Å². The predicted molar refractivity (Wildman–Crippen MR) is 65.4 cm³/mol. The van der Waals surface area contributed by atoms with Crippen LogP contribution >= 0.6 is 11.3 Å². The van der Waals surface area contributed by atoms with Crippen LogP contribution in [0.3, 0.4) is 0 Å². The van der Waals surface area contributed by atoms with Crippen molar-refractivity contribution in [2.75, 3.05) is 6.54 Å². The predicted octanol–water partition coefficient (Wildman–Crippen LogP) is 4.44. The van der Waals surface area contributed by atoms with Crippen LogP contribution in [-0.4, -0.2) is 12.7 Å². The van der Waals surface area contributed by atoms with Crippen LogP contribution in [-0.2, 0) is 0 Å². The summed E-state index contributed by atoms with van der Waals surface area (Å²) in [6, 6.07) is 1.74. The molecule has 1 heterocycles. The fourth-order valence-electron chi connectivity index (χ4n) is 1.75. The number of hydrogen-bond donors (Lipinski definition) is 1. The van der Waals surface area contributed by atoms with Crippen LogP contribution in [0.5, 0.6) is 0 Å². The Hall–Kier alpha value is -0.550. The van der Waals surface area contributed by atoms with Gasteiger partial charge in [0, 0.05) is 17.3 Å². The van der Waals surface area contributed by atoms with Gasteiger partial charge in [-0.2, -0.15) is 13.2 Å². The van der Waals surface area contributed by atoms with Gasteiger partial charge < -0.3 is 5.32 Å². The van der Waals surface area contributed by atoms with Gasteiger partial charge in [-0.3, -0.25) is 0 Å². The third-order valence-electron chi connectivity index (χ3n) is 2.63. The third kappa shape index (κ3) is 5.08. The Morgan fingerprint density at radius 2 is 2.12 bits per heavy atom. The van der Waals surface area contributed by atoms with Gasteiger partial charge in [0.25, 0.3) is 0 Å². The first-order valence-electron chi connectivity index (χ1n) is 5.78. The molecule has 0 saturated heterocycles. The lowest BCUT2D eigenvalue weighted by Crippen LogP contribution is -2.24. The standard InChI is InChI=1S/C12H18F3NS/c1-3-7-16-11(4-6-12(13,14)15)10-5-8-17-9(10)2/h5,8,11,16H,3-4,6-7H2,1-2H3. The molecule has 98 valence electrons. The summed E-state index contributed by atoms with van der Waals surface area (Å²) in [5.41, 5.74) is 1.01. The van der Waals surface area contributed by atoms with Crippen molar-refractivity contribution in [3.8, 4) is 0 Å². The fraction of sp³-hybridized carbons (Fsp3) is 0.667. The van der Waals surface area contributed by atoms with E-state index >= 15 is 0 Å². The van der Waals surface area contributed by atoms with E-state index in [1.807, 2.05) is 25.3 Å². The molecule has 0 radical (unpaired) electrons. The summed E-state index contributed by atoms with van der Waals surface area (Å²) in [6.07, 6.45) is -3.77. The van der Waals surface area contributed by atoms with Crippen LogP contribution in [0.25, 0.3) is 0 Å². The Labute approximate surface area is 104 Å². The lowest BCUT2D eigenvalue weighted by Gasteiger charge is -2.19. The molecule has 5 heteroatoms. The topological polar surface area (TPSA) is 12.0 Å². The van der Waals surface area contributed by atoms with E-state index < -0.39 is 12.6 Å². The van der Waals surface area contributed by atoms with Gasteiger partial charge in [0.15, 0.2) is 0 Å². The minimum Gasteiger partial charge on any atom is -0.310 e. The van der Waals surface area contributed by atoms with Crippen molar-refractivity contribution in [2.24, 2.45) is 0 Å². The monoisotopic (exact) mass is 265 g/mol. The lowest BCUT2D eigenvalue weighted by atomic mass is 10.0. The molecule has 1 aromatic heterocycles. The minimum absolute atomic E-state index is 0.112. The van der Waals surface area contributed by atoms with Gasteiger partial charge in [-0.1, -0.05) is 6.92 Å². The largest absolute Gasteiger partial charge is 0.389 e. The first kappa shape index (κ1) is 14.5. The molecule has 0 aliphatic carbocycles.